The van der Waals surface area contributed by atoms with Crippen molar-refractivity contribution in [1.82, 2.24) is 4.98 Å². The predicted octanol–water partition coefficient (Wildman–Crippen LogP) is 3.16. The zero-order chi connectivity index (χ0) is 13.9. The lowest BCUT2D eigenvalue weighted by Crippen LogP contribution is -2.17. The summed E-state index contributed by atoms with van der Waals surface area (Å²) in [6.07, 6.45) is 0. The Morgan fingerprint density at radius 2 is 2.00 bits per heavy atom. The number of benzene rings is 2. The van der Waals surface area contributed by atoms with Crippen molar-refractivity contribution in [2.75, 3.05) is 6.61 Å². The van der Waals surface area contributed by atoms with Gasteiger partial charge in [0.25, 0.3) is 0 Å². The molecule has 100 valence electrons. The third-order valence-electron chi connectivity index (χ3n) is 2.76. The Labute approximate surface area is 121 Å². The highest BCUT2D eigenvalue weighted by atomic mass is 32.1. The third-order valence-corrected chi connectivity index (χ3v) is 2.88. The molecule has 5 heteroatoms. The molecule has 0 bridgehead atoms. The van der Waals surface area contributed by atoms with E-state index in [-0.39, 0.29) is 6.61 Å². The first-order chi connectivity index (χ1) is 9.72. The van der Waals surface area contributed by atoms with Gasteiger partial charge in [-0.3, -0.25) is 0 Å². The standard InChI is InChI=1S/C15H12N2O2S/c16-14(20)9-18-11-6-7-13-12(8-11)17-15(19-13)10-4-2-1-3-5-10/h1-8H,9H2,(H2,16,20). The summed E-state index contributed by atoms with van der Waals surface area (Å²) in [6.45, 7) is 0.213. The quantitative estimate of drug-likeness (QED) is 0.746. The molecule has 3 rings (SSSR count). The van der Waals surface area contributed by atoms with Crippen LogP contribution in [0.1, 0.15) is 0 Å². The zero-order valence-electron chi connectivity index (χ0n) is 10.6. The van der Waals surface area contributed by atoms with Crippen LogP contribution in [0.15, 0.2) is 52.9 Å². The van der Waals surface area contributed by atoms with Gasteiger partial charge in [-0.2, -0.15) is 0 Å². The Morgan fingerprint density at radius 1 is 1.20 bits per heavy atom. The van der Waals surface area contributed by atoms with E-state index in [2.05, 4.69) is 4.98 Å². The lowest BCUT2D eigenvalue weighted by Gasteiger charge is -2.03. The molecule has 0 amide bonds. The van der Waals surface area contributed by atoms with E-state index in [0.29, 0.717) is 22.2 Å². The van der Waals surface area contributed by atoms with Gasteiger partial charge in [-0.05, 0) is 24.3 Å². The molecular weight excluding hydrogens is 272 g/mol. The molecule has 2 aromatic carbocycles. The minimum atomic E-state index is 0.213. The van der Waals surface area contributed by atoms with E-state index in [9.17, 15) is 0 Å². The Bertz CT molecular complexity index is 753. The van der Waals surface area contributed by atoms with E-state index in [4.69, 9.17) is 27.1 Å². The van der Waals surface area contributed by atoms with Crippen LogP contribution in [-0.2, 0) is 0 Å². The summed E-state index contributed by atoms with van der Waals surface area (Å²) in [6, 6.07) is 15.2. The number of nitrogens with two attached hydrogens (primary N) is 1. The first-order valence-corrected chi connectivity index (χ1v) is 6.50. The van der Waals surface area contributed by atoms with Crippen LogP contribution in [0.25, 0.3) is 22.6 Å². The summed E-state index contributed by atoms with van der Waals surface area (Å²) in [5, 5.41) is 0. The molecule has 0 saturated carbocycles. The number of oxazole rings is 1. The Kier molecular flexibility index (Phi) is 3.35. The van der Waals surface area contributed by atoms with Crippen molar-refractivity contribution in [2.45, 2.75) is 0 Å². The monoisotopic (exact) mass is 284 g/mol. The predicted molar refractivity (Wildman–Crippen MR) is 81.7 cm³/mol. The van der Waals surface area contributed by atoms with Crippen LogP contribution in [0.5, 0.6) is 5.75 Å². The average molecular weight is 284 g/mol. The fraction of sp³-hybridized carbons (Fsp3) is 0.0667. The highest BCUT2D eigenvalue weighted by Gasteiger charge is 2.08. The number of nitrogens with zero attached hydrogens (tertiary/aromatic N) is 1. The van der Waals surface area contributed by atoms with E-state index in [1.807, 2.05) is 42.5 Å². The minimum Gasteiger partial charge on any atom is -0.486 e. The Hall–Kier alpha value is -2.40. The molecule has 0 unspecified atom stereocenters. The second kappa shape index (κ2) is 5.30. The molecule has 0 spiro atoms. The molecule has 1 heterocycles. The SMILES string of the molecule is NC(=S)COc1ccc2oc(-c3ccccc3)nc2c1. The summed E-state index contributed by atoms with van der Waals surface area (Å²) in [5.74, 6) is 1.25. The summed E-state index contributed by atoms with van der Waals surface area (Å²) < 4.78 is 11.2. The van der Waals surface area contributed by atoms with Gasteiger partial charge in [0.2, 0.25) is 5.89 Å². The molecule has 1 aromatic heterocycles. The van der Waals surface area contributed by atoms with Crippen molar-refractivity contribution in [3.05, 3.63) is 48.5 Å². The maximum absolute atomic E-state index is 5.72. The molecule has 0 saturated heterocycles. The molecule has 4 nitrogen and oxygen atoms in total. The van der Waals surface area contributed by atoms with Crippen molar-refractivity contribution in [3.63, 3.8) is 0 Å². The van der Waals surface area contributed by atoms with Crippen LogP contribution in [0, 0.1) is 0 Å². The number of rotatable bonds is 4. The normalized spacial score (nSPS) is 10.6. The molecule has 0 aliphatic carbocycles. The van der Waals surface area contributed by atoms with E-state index < -0.39 is 0 Å². The molecule has 0 atom stereocenters. The van der Waals surface area contributed by atoms with Crippen LogP contribution in [0.2, 0.25) is 0 Å². The summed E-state index contributed by atoms with van der Waals surface area (Å²) in [4.78, 5) is 4.77. The molecule has 0 radical (unpaired) electrons. The maximum atomic E-state index is 5.72. The number of hydrogen-bond donors (Lipinski definition) is 1. The smallest absolute Gasteiger partial charge is 0.227 e. The molecule has 0 aliphatic rings. The van der Waals surface area contributed by atoms with Crippen molar-refractivity contribution in [1.29, 1.82) is 0 Å². The highest BCUT2D eigenvalue weighted by molar-refractivity contribution is 7.80. The van der Waals surface area contributed by atoms with E-state index in [0.717, 1.165) is 11.1 Å². The average Bonchev–Trinajstić information content (AvgIpc) is 2.89. The summed E-state index contributed by atoms with van der Waals surface area (Å²) >= 11 is 4.78. The van der Waals surface area contributed by atoms with Crippen LogP contribution in [0.4, 0.5) is 0 Å². The number of ether oxygens (including phenoxy) is 1. The fourth-order valence-corrected chi connectivity index (χ4v) is 1.91. The van der Waals surface area contributed by atoms with Crippen LogP contribution in [-0.4, -0.2) is 16.6 Å². The molecule has 3 aromatic rings. The van der Waals surface area contributed by atoms with E-state index >= 15 is 0 Å². The van der Waals surface area contributed by atoms with Gasteiger partial charge in [0, 0.05) is 11.6 Å². The van der Waals surface area contributed by atoms with Gasteiger partial charge in [-0.1, -0.05) is 30.4 Å². The molecule has 20 heavy (non-hydrogen) atoms. The van der Waals surface area contributed by atoms with E-state index in [1.165, 1.54) is 0 Å². The van der Waals surface area contributed by atoms with Gasteiger partial charge < -0.3 is 14.9 Å². The second-order valence-electron chi connectivity index (χ2n) is 4.27. The molecule has 0 aliphatic heterocycles. The number of aromatic nitrogens is 1. The van der Waals surface area contributed by atoms with Gasteiger partial charge in [0.15, 0.2) is 5.58 Å². The largest absolute Gasteiger partial charge is 0.486 e. The van der Waals surface area contributed by atoms with Crippen molar-refractivity contribution in [2.24, 2.45) is 5.73 Å². The highest BCUT2D eigenvalue weighted by Crippen LogP contribution is 2.26. The first kappa shape index (κ1) is 12.6. The Morgan fingerprint density at radius 3 is 2.75 bits per heavy atom. The van der Waals surface area contributed by atoms with Crippen LogP contribution >= 0.6 is 12.2 Å². The van der Waals surface area contributed by atoms with Gasteiger partial charge in [0.1, 0.15) is 22.9 Å². The van der Waals surface area contributed by atoms with E-state index in [1.54, 1.807) is 6.07 Å². The first-order valence-electron chi connectivity index (χ1n) is 6.09. The van der Waals surface area contributed by atoms with Crippen molar-refractivity contribution < 1.29 is 9.15 Å². The number of hydrogen-bond acceptors (Lipinski definition) is 4. The number of thiocarbonyl (C=S) groups is 1. The van der Waals surface area contributed by atoms with Crippen LogP contribution in [0.3, 0.4) is 0 Å². The molecule has 0 fully saturated rings. The summed E-state index contributed by atoms with van der Waals surface area (Å²) in [5.41, 5.74) is 7.80. The van der Waals surface area contributed by atoms with Gasteiger partial charge >= 0.3 is 0 Å². The molecular formula is C15H12N2O2S. The van der Waals surface area contributed by atoms with Gasteiger partial charge in [-0.25, -0.2) is 4.98 Å². The van der Waals surface area contributed by atoms with Gasteiger partial charge in [0.05, 0.1) is 0 Å². The van der Waals surface area contributed by atoms with Crippen molar-refractivity contribution >= 4 is 28.3 Å². The van der Waals surface area contributed by atoms with Crippen molar-refractivity contribution in [3.8, 4) is 17.2 Å². The topological polar surface area (TPSA) is 61.3 Å². The minimum absolute atomic E-state index is 0.213. The maximum Gasteiger partial charge on any atom is 0.227 e. The van der Waals surface area contributed by atoms with Gasteiger partial charge in [-0.15, -0.1) is 0 Å². The Balaban J connectivity index is 1.93. The zero-order valence-corrected chi connectivity index (χ0v) is 11.4. The third kappa shape index (κ3) is 2.62. The molecule has 2 N–H and O–H groups in total. The fourth-order valence-electron chi connectivity index (χ4n) is 1.86. The lowest BCUT2D eigenvalue weighted by molar-refractivity contribution is 0.378. The lowest BCUT2D eigenvalue weighted by atomic mass is 10.2. The second-order valence-corrected chi connectivity index (χ2v) is 4.79. The van der Waals surface area contributed by atoms with Crippen LogP contribution < -0.4 is 10.5 Å². The summed E-state index contributed by atoms with van der Waals surface area (Å²) in [7, 11) is 0. The number of fused-ring (bicyclic) bond motifs is 1.